The zero-order chi connectivity index (χ0) is 38.6. The van der Waals surface area contributed by atoms with Crippen LogP contribution in [0.1, 0.15) is 0 Å². The summed E-state index contributed by atoms with van der Waals surface area (Å²) < 4.78 is 23.6. The molecule has 0 spiro atoms. The van der Waals surface area contributed by atoms with Crippen LogP contribution in [0.25, 0.3) is 82.8 Å². The smallest absolute Gasteiger partial charge is 0.143 e. The Kier molecular flexibility index (Phi) is 8.00. The van der Waals surface area contributed by atoms with Gasteiger partial charge in [-0.05, 0) is 89.0 Å². The molecule has 0 bridgehead atoms. The summed E-state index contributed by atoms with van der Waals surface area (Å²) in [6.45, 7) is 0. The molecule has 0 radical (unpaired) electrons. The molecular formula is C54H35FN2O. The van der Waals surface area contributed by atoms with E-state index in [9.17, 15) is 4.39 Å². The molecular weight excluding hydrogens is 712 g/mol. The van der Waals surface area contributed by atoms with Gasteiger partial charge in [0.05, 0.1) is 11.0 Å². The van der Waals surface area contributed by atoms with Crippen LogP contribution in [0.3, 0.4) is 0 Å². The highest BCUT2D eigenvalue weighted by molar-refractivity contribution is 6.13. The van der Waals surface area contributed by atoms with Gasteiger partial charge in [0.2, 0.25) is 0 Å². The third kappa shape index (κ3) is 5.65. The first-order chi connectivity index (χ1) is 28.7. The Morgan fingerprint density at radius 1 is 0.362 bits per heavy atom. The normalized spacial score (nSPS) is 11.5. The number of benzene rings is 9. The predicted octanol–water partition coefficient (Wildman–Crippen LogP) is 15.3. The number of hydrogen-bond acceptors (Lipinski definition) is 2. The fraction of sp³-hybridized carbons (Fsp3) is 0. The Bertz CT molecular complexity index is 3270. The summed E-state index contributed by atoms with van der Waals surface area (Å²) in [4.78, 5) is 2.30. The average molecular weight is 747 g/mol. The van der Waals surface area contributed by atoms with E-state index in [4.69, 9.17) is 4.42 Å². The van der Waals surface area contributed by atoms with Crippen LogP contribution in [-0.4, -0.2) is 4.57 Å². The molecule has 4 heteroatoms. The van der Waals surface area contributed by atoms with Crippen LogP contribution >= 0.6 is 0 Å². The first kappa shape index (κ1) is 33.6. The summed E-state index contributed by atoms with van der Waals surface area (Å²) in [7, 11) is 0. The van der Waals surface area contributed by atoms with Crippen molar-refractivity contribution in [2.75, 3.05) is 4.90 Å². The van der Waals surface area contributed by atoms with Crippen molar-refractivity contribution in [3.63, 3.8) is 0 Å². The largest absolute Gasteiger partial charge is 0.455 e. The Morgan fingerprint density at radius 2 is 0.879 bits per heavy atom. The minimum Gasteiger partial charge on any atom is -0.455 e. The molecule has 2 aromatic heterocycles. The van der Waals surface area contributed by atoms with E-state index in [1.54, 1.807) is 6.07 Å². The molecule has 274 valence electrons. The Hall–Kier alpha value is -7.69. The number of para-hydroxylation sites is 3. The standard InChI is InChI=1S/C54H35FN2O/c55-40-28-33-52-50(34-40)47-18-7-8-23-51(47)57(52)44-17-9-16-43(35-44)56(41-29-24-37(25-30-41)36-12-3-1-4-13-36)42-31-26-39(27-32-42)46-20-11-22-49-48-21-10-19-45(53(48)58-54(46)49)38-14-5-2-6-15-38/h1-35H. The molecule has 0 saturated heterocycles. The van der Waals surface area contributed by atoms with Crippen LogP contribution in [0.5, 0.6) is 0 Å². The molecule has 0 aliphatic rings. The lowest BCUT2D eigenvalue weighted by Crippen LogP contribution is -2.10. The molecule has 0 amide bonds. The van der Waals surface area contributed by atoms with Crippen molar-refractivity contribution in [1.29, 1.82) is 0 Å². The summed E-state index contributed by atoms with van der Waals surface area (Å²) in [5.41, 5.74) is 14.4. The van der Waals surface area contributed by atoms with Crippen LogP contribution in [0.15, 0.2) is 217 Å². The molecule has 0 fully saturated rings. The van der Waals surface area contributed by atoms with Gasteiger partial charge in [-0.25, -0.2) is 4.39 Å². The molecule has 0 unspecified atom stereocenters. The molecule has 0 atom stereocenters. The average Bonchev–Trinajstić information content (AvgIpc) is 3.84. The molecule has 2 heterocycles. The second-order valence-corrected chi connectivity index (χ2v) is 14.7. The van der Waals surface area contributed by atoms with Crippen molar-refractivity contribution in [3.05, 3.63) is 218 Å². The molecule has 0 aliphatic heterocycles. The second-order valence-electron chi connectivity index (χ2n) is 14.7. The maximum Gasteiger partial charge on any atom is 0.143 e. The zero-order valence-corrected chi connectivity index (χ0v) is 31.4. The molecule has 11 aromatic rings. The fourth-order valence-electron chi connectivity index (χ4n) is 8.56. The van der Waals surface area contributed by atoms with Gasteiger partial charge >= 0.3 is 0 Å². The molecule has 11 rings (SSSR count). The van der Waals surface area contributed by atoms with E-state index >= 15 is 0 Å². The van der Waals surface area contributed by atoms with Gasteiger partial charge in [-0.3, -0.25) is 0 Å². The quantitative estimate of drug-likeness (QED) is 0.162. The van der Waals surface area contributed by atoms with E-state index in [1.807, 2.05) is 30.3 Å². The van der Waals surface area contributed by atoms with Crippen LogP contribution in [0.4, 0.5) is 21.5 Å². The van der Waals surface area contributed by atoms with E-state index < -0.39 is 0 Å². The van der Waals surface area contributed by atoms with Crippen molar-refractivity contribution in [1.82, 2.24) is 4.57 Å². The third-order valence-electron chi connectivity index (χ3n) is 11.3. The van der Waals surface area contributed by atoms with E-state index in [0.29, 0.717) is 0 Å². The number of nitrogens with zero attached hydrogens (tertiary/aromatic N) is 2. The Morgan fingerprint density at radius 3 is 1.55 bits per heavy atom. The lowest BCUT2D eigenvalue weighted by atomic mass is 10.00. The number of aromatic nitrogens is 1. The van der Waals surface area contributed by atoms with Gasteiger partial charge in [0.1, 0.15) is 17.0 Å². The molecule has 58 heavy (non-hydrogen) atoms. The lowest BCUT2D eigenvalue weighted by Gasteiger charge is -2.26. The summed E-state index contributed by atoms with van der Waals surface area (Å²) in [5, 5.41) is 4.11. The highest BCUT2D eigenvalue weighted by Gasteiger charge is 2.19. The van der Waals surface area contributed by atoms with Gasteiger partial charge in [-0.2, -0.15) is 0 Å². The van der Waals surface area contributed by atoms with Crippen LogP contribution in [-0.2, 0) is 0 Å². The summed E-state index contributed by atoms with van der Waals surface area (Å²) >= 11 is 0. The first-order valence-corrected chi connectivity index (χ1v) is 19.5. The molecule has 9 aromatic carbocycles. The number of anilines is 3. The monoisotopic (exact) mass is 746 g/mol. The van der Waals surface area contributed by atoms with Gasteiger partial charge in [0.15, 0.2) is 0 Å². The highest BCUT2D eigenvalue weighted by atomic mass is 19.1. The number of hydrogen-bond donors (Lipinski definition) is 0. The molecule has 0 aliphatic carbocycles. The Balaban J connectivity index is 1.04. The van der Waals surface area contributed by atoms with Gasteiger partial charge in [0, 0.05) is 55.4 Å². The minimum absolute atomic E-state index is 0.244. The van der Waals surface area contributed by atoms with Crippen molar-refractivity contribution in [2.24, 2.45) is 0 Å². The highest BCUT2D eigenvalue weighted by Crippen LogP contribution is 2.42. The van der Waals surface area contributed by atoms with E-state index in [0.717, 1.165) is 94.3 Å². The van der Waals surface area contributed by atoms with Crippen molar-refractivity contribution in [3.8, 4) is 39.1 Å². The molecule has 3 nitrogen and oxygen atoms in total. The van der Waals surface area contributed by atoms with Gasteiger partial charge in [0.25, 0.3) is 0 Å². The van der Waals surface area contributed by atoms with Gasteiger partial charge in [-0.1, -0.05) is 146 Å². The second kappa shape index (κ2) is 13.8. The van der Waals surface area contributed by atoms with E-state index in [-0.39, 0.29) is 5.82 Å². The number of halogens is 1. The predicted molar refractivity (Wildman–Crippen MR) is 239 cm³/mol. The van der Waals surface area contributed by atoms with Crippen LogP contribution in [0.2, 0.25) is 0 Å². The summed E-state index contributed by atoms with van der Waals surface area (Å²) in [5.74, 6) is -0.244. The summed E-state index contributed by atoms with van der Waals surface area (Å²) in [6.07, 6.45) is 0. The lowest BCUT2D eigenvalue weighted by molar-refractivity contribution is 0.629. The van der Waals surface area contributed by atoms with Gasteiger partial charge in [-0.15, -0.1) is 0 Å². The maximum atomic E-state index is 14.6. The topological polar surface area (TPSA) is 21.3 Å². The third-order valence-corrected chi connectivity index (χ3v) is 11.3. The first-order valence-electron chi connectivity index (χ1n) is 19.5. The van der Waals surface area contributed by atoms with Crippen molar-refractivity contribution < 1.29 is 8.81 Å². The van der Waals surface area contributed by atoms with Crippen molar-refractivity contribution >= 4 is 60.8 Å². The number of furan rings is 1. The Labute approximate surface area is 335 Å². The van der Waals surface area contributed by atoms with Crippen molar-refractivity contribution in [2.45, 2.75) is 0 Å². The van der Waals surface area contributed by atoms with Crippen LogP contribution in [0, 0.1) is 5.82 Å². The summed E-state index contributed by atoms with van der Waals surface area (Å²) in [6, 6.07) is 73.0. The van der Waals surface area contributed by atoms with E-state index in [2.05, 4.69) is 179 Å². The minimum atomic E-state index is -0.244. The molecule has 0 N–H and O–H groups in total. The maximum absolute atomic E-state index is 14.6. The SMILES string of the molecule is Fc1ccc2c(c1)c1ccccc1n2-c1cccc(N(c2ccc(-c3ccccc3)cc2)c2ccc(-c3cccc4c3oc3c(-c5ccccc5)cccc34)cc2)c1. The van der Waals surface area contributed by atoms with Crippen LogP contribution < -0.4 is 4.90 Å². The fourth-order valence-corrected chi connectivity index (χ4v) is 8.56. The zero-order valence-electron chi connectivity index (χ0n) is 31.4. The van der Waals surface area contributed by atoms with E-state index in [1.165, 1.54) is 11.6 Å². The number of rotatable bonds is 7. The number of fused-ring (bicyclic) bond motifs is 6. The molecule has 0 saturated carbocycles. The van der Waals surface area contributed by atoms with Gasteiger partial charge < -0.3 is 13.9 Å².